The van der Waals surface area contributed by atoms with E-state index in [4.69, 9.17) is 9.15 Å². The van der Waals surface area contributed by atoms with Crippen LogP contribution in [0.2, 0.25) is 0 Å². The molecule has 0 radical (unpaired) electrons. The second kappa shape index (κ2) is 6.43. The van der Waals surface area contributed by atoms with Crippen molar-refractivity contribution in [2.24, 2.45) is 0 Å². The van der Waals surface area contributed by atoms with Crippen LogP contribution in [-0.2, 0) is 12.8 Å². The number of hydrogen-bond donors (Lipinski definition) is 1. The highest BCUT2D eigenvalue weighted by Crippen LogP contribution is 2.25. The van der Waals surface area contributed by atoms with Crippen molar-refractivity contribution in [3.8, 4) is 5.75 Å². The molecule has 0 aliphatic carbocycles. The van der Waals surface area contributed by atoms with Crippen LogP contribution in [-0.4, -0.2) is 14.2 Å². The number of likely N-dealkylation sites (N-methyl/N-ethyl adjacent to an activating group) is 1. The highest BCUT2D eigenvalue weighted by molar-refractivity contribution is 5.34. The predicted molar refractivity (Wildman–Crippen MR) is 76.6 cm³/mol. The van der Waals surface area contributed by atoms with E-state index in [9.17, 15) is 0 Å². The van der Waals surface area contributed by atoms with Gasteiger partial charge in [0, 0.05) is 6.42 Å². The minimum atomic E-state index is 0.164. The minimum absolute atomic E-state index is 0.164. The quantitative estimate of drug-likeness (QED) is 0.864. The SMILES string of the molecule is CCc1ccc(C(Cc2ccccc2OC)NC)o1. The van der Waals surface area contributed by atoms with Crippen LogP contribution in [0.4, 0.5) is 0 Å². The fourth-order valence-corrected chi connectivity index (χ4v) is 2.21. The van der Waals surface area contributed by atoms with E-state index < -0.39 is 0 Å². The lowest BCUT2D eigenvalue weighted by Crippen LogP contribution is -2.18. The molecular formula is C16H21NO2. The summed E-state index contributed by atoms with van der Waals surface area (Å²) in [5, 5.41) is 3.31. The van der Waals surface area contributed by atoms with Gasteiger partial charge in [-0.25, -0.2) is 0 Å². The number of aryl methyl sites for hydroxylation is 1. The van der Waals surface area contributed by atoms with Crippen LogP contribution in [0.3, 0.4) is 0 Å². The van der Waals surface area contributed by atoms with Crippen LogP contribution in [0.1, 0.15) is 30.0 Å². The molecule has 1 heterocycles. The van der Waals surface area contributed by atoms with E-state index in [-0.39, 0.29) is 6.04 Å². The molecule has 0 saturated heterocycles. The fourth-order valence-electron chi connectivity index (χ4n) is 2.21. The number of nitrogens with one attached hydrogen (secondary N) is 1. The van der Waals surface area contributed by atoms with Gasteiger partial charge in [0.05, 0.1) is 13.2 Å². The maximum absolute atomic E-state index is 5.83. The standard InChI is InChI=1S/C16H21NO2/c1-4-13-9-10-16(19-13)14(17-2)11-12-7-5-6-8-15(12)18-3/h5-10,14,17H,4,11H2,1-3H3. The summed E-state index contributed by atoms with van der Waals surface area (Å²) in [5.41, 5.74) is 1.18. The minimum Gasteiger partial charge on any atom is -0.496 e. The molecule has 1 N–H and O–H groups in total. The van der Waals surface area contributed by atoms with Crippen molar-refractivity contribution in [1.82, 2.24) is 5.32 Å². The van der Waals surface area contributed by atoms with Crippen molar-refractivity contribution in [1.29, 1.82) is 0 Å². The molecular weight excluding hydrogens is 238 g/mol. The first kappa shape index (κ1) is 13.7. The second-order valence-corrected chi connectivity index (χ2v) is 4.51. The molecule has 3 nitrogen and oxygen atoms in total. The van der Waals surface area contributed by atoms with Crippen molar-refractivity contribution < 1.29 is 9.15 Å². The van der Waals surface area contributed by atoms with Gasteiger partial charge in [-0.15, -0.1) is 0 Å². The van der Waals surface area contributed by atoms with Crippen LogP contribution < -0.4 is 10.1 Å². The van der Waals surface area contributed by atoms with Crippen LogP contribution in [0, 0.1) is 0 Å². The summed E-state index contributed by atoms with van der Waals surface area (Å²) >= 11 is 0. The molecule has 1 aromatic heterocycles. The molecule has 0 amide bonds. The molecule has 1 unspecified atom stereocenters. The van der Waals surface area contributed by atoms with E-state index in [2.05, 4.69) is 24.4 Å². The van der Waals surface area contributed by atoms with Gasteiger partial charge in [-0.2, -0.15) is 0 Å². The topological polar surface area (TPSA) is 34.4 Å². The largest absolute Gasteiger partial charge is 0.496 e. The third kappa shape index (κ3) is 3.18. The number of hydrogen-bond acceptors (Lipinski definition) is 3. The summed E-state index contributed by atoms with van der Waals surface area (Å²) in [6.45, 7) is 2.09. The van der Waals surface area contributed by atoms with Crippen molar-refractivity contribution in [2.45, 2.75) is 25.8 Å². The summed E-state index contributed by atoms with van der Waals surface area (Å²) in [7, 11) is 3.66. The zero-order chi connectivity index (χ0) is 13.7. The number of rotatable bonds is 6. The molecule has 0 fully saturated rings. The monoisotopic (exact) mass is 259 g/mol. The van der Waals surface area contributed by atoms with E-state index in [0.29, 0.717) is 0 Å². The lowest BCUT2D eigenvalue weighted by atomic mass is 10.0. The molecule has 102 valence electrons. The normalized spacial score (nSPS) is 12.4. The summed E-state index contributed by atoms with van der Waals surface area (Å²) < 4.78 is 11.2. The second-order valence-electron chi connectivity index (χ2n) is 4.51. The van der Waals surface area contributed by atoms with Gasteiger partial charge in [0.2, 0.25) is 0 Å². The van der Waals surface area contributed by atoms with Crippen molar-refractivity contribution in [3.05, 3.63) is 53.5 Å². The summed E-state index contributed by atoms with van der Waals surface area (Å²) in [6, 6.07) is 12.4. The predicted octanol–water partition coefficient (Wildman–Crippen LogP) is 3.35. The van der Waals surface area contributed by atoms with Crippen molar-refractivity contribution in [3.63, 3.8) is 0 Å². The zero-order valence-electron chi connectivity index (χ0n) is 11.8. The van der Waals surface area contributed by atoms with Gasteiger partial charge < -0.3 is 14.5 Å². The highest BCUT2D eigenvalue weighted by atomic mass is 16.5. The smallest absolute Gasteiger partial charge is 0.122 e. The van der Waals surface area contributed by atoms with Gasteiger partial charge in [0.1, 0.15) is 17.3 Å². The number of ether oxygens (including phenoxy) is 1. The Bertz CT molecular complexity index is 519. The number of benzene rings is 1. The molecule has 0 saturated carbocycles. The Morgan fingerprint density at radius 1 is 1.21 bits per heavy atom. The van der Waals surface area contributed by atoms with Gasteiger partial charge in [0.15, 0.2) is 0 Å². The molecule has 2 aromatic rings. The van der Waals surface area contributed by atoms with E-state index in [1.165, 1.54) is 5.56 Å². The highest BCUT2D eigenvalue weighted by Gasteiger charge is 2.16. The molecule has 0 bridgehead atoms. The third-order valence-electron chi connectivity index (χ3n) is 3.34. The number of furan rings is 1. The lowest BCUT2D eigenvalue weighted by molar-refractivity contribution is 0.390. The zero-order valence-corrected chi connectivity index (χ0v) is 11.8. The van der Waals surface area contributed by atoms with Crippen molar-refractivity contribution >= 4 is 0 Å². The average Bonchev–Trinajstić information content (AvgIpc) is 2.93. The molecule has 3 heteroatoms. The van der Waals surface area contributed by atoms with Gasteiger partial charge in [-0.1, -0.05) is 25.1 Å². The van der Waals surface area contributed by atoms with E-state index >= 15 is 0 Å². The Balaban J connectivity index is 2.18. The number of para-hydroxylation sites is 1. The van der Waals surface area contributed by atoms with E-state index in [1.807, 2.05) is 31.3 Å². The lowest BCUT2D eigenvalue weighted by Gasteiger charge is -2.15. The maximum Gasteiger partial charge on any atom is 0.122 e. The van der Waals surface area contributed by atoms with Gasteiger partial charge in [-0.05, 0) is 37.2 Å². The molecule has 0 aliphatic rings. The molecule has 1 atom stereocenters. The molecule has 0 spiro atoms. The van der Waals surface area contributed by atoms with Crippen LogP contribution >= 0.6 is 0 Å². The Hall–Kier alpha value is -1.74. The van der Waals surface area contributed by atoms with E-state index in [0.717, 1.165) is 30.1 Å². The third-order valence-corrected chi connectivity index (χ3v) is 3.34. The summed E-state index contributed by atoms with van der Waals surface area (Å²) in [4.78, 5) is 0. The molecule has 1 aromatic carbocycles. The van der Waals surface area contributed by atoms with Gasteiger partial charge in [-0.3, -0.25) is 0 Å². The first-order valence-electron chi connectivity index (χ1n) is 6.66. The van der Waals surface area contributed by atoms with Gasteiger partial charge >= 0.3 is 0 Å². The fraction of sp³-hybridized carbons (Fsp3) is 0.375. The van der Waals surface area contributed by atoms with E-state index in [1.54, 1.807) is 7.11 Å². The Morgan fingerprint density at radius 2 is 2.00 bits per heavy atom. The Kier molecular flexibility index (Phi) is 4.63. The van der Waals surface area contributed by atoms with Crippen LogP contribution in [0.25, 0.3) is 0 Å². The summed E-state index contributed by atoms with van der Waals surface area (Å²) in [6.07, 6.45) is 1.77. The Morgan fingerprint density at radius 3 is 2.63 bits per heavy atom. The van der Waals surface area contributed by atoms with Crippen molar-refractivity contribution in [2.75, 3.05) is 14.2 Å². The van der Waals surface area contributed by atoms with Crippen LogP contribution in [0.5, 0.6) is 5.75 Å². The molecule has 19 heavy (non-hydrogen) atoms. The average molecular weight is 259 g/mol. The Labute approximate surface area is 114 Å². The first-order chi connectivity index (χ1) is 9.28. The van der Waals surface area contributed by atoms with Gasteiger partial charge in [0.25, 0.3) is 0 Å². The maximum atomic E-state index is 5.83. The molecule has 2 rings (SSSR count). The summed E-state index contributed by atoms with van der Waals surface area (Å²) in [5.74, 6) is 2.92. The van der Waals surface area contributed by atoms with Crippen LogP contribution in [0.15, 0.2) is 40.8 Å². The number of methoxy groups -OCH3 is 1. The first-order valence-corrected chi connectivity index (χ1v) is 6.66. The molecule has 0 aliphatic heterocycles.